The molecule has 0 radical (unpaired) electrons. The standard InChI is InChI=1S/C48H60O7Si/c1-8-40(52-36-38-26-30-41(50-6)31-27-38)20-14-10-11-19-25-47(49)55-46(45(9-2)53-37-39-28-32-42(51-7)33-29-39)34-35-54-56(48(3,4)5,43-21-15-12-16-22-43)44-23-17-13-18-24-44/h8-10,12-18,21-24,26-33,40,45-46H,1-2,11,19-20,25,34-37H2,3-7H3/b14-10-/t40-,45-,46+/m0/s1. The highest BCUT2D eigenvalue weighted by atomic mass is 28.4. The third kappa shape index (κ3) is 12.9. The average molecular weight is 777 g/mol. The van der Waals surface area contributed by atoms with Gasteiger partial charge >= 0.3 is 5.97 Å². The van der Waals surface area contributed by atoms with Gasteiger partial charge in [-0.2, -0.15) is 0 Å². The topological polar surface area (TPSA) is 72.5 Å². The molecule has 4 aromatic carbocycles. The second kappa shape index (κ2) is 22.7. The molecule has 0 N–H and O–H groups in total. The fraction of sp³-hybridized carbons (Fsp3) is 0.354. The molecule has 0 aliphatic carbocycles. The van der Waals surface area contributed by atoms with E-state index in [4.69, 9.17) is 28.1 Å². The van der Waals surface area contributed by atoms with E-state index in [0.717, 1.165) is 29.0 Å². The van der Waals surface area contributed by atoms with E-state index >= 15 is 0 Å². The maximum Gasteiger partial charge on any atom is 0.306 e. The molecule has 0 aromatic heterocycles. The van der Waals surface area contributed by atoms with Crippen molar-refractivity contribution in [3.05, 3.63) is 158 Å². The molecule has 0 aliphatic rings. The number of esters is 1. The summed E-state index contributed by atoms with van der Waals surface area (Å²) in [5, 5.41) is 2.20. The van der Waals surface area contributed by atoms with Crippen LogP contribution < -0.4 is 19.8 Å². The number of hydrogen-bond acceptors (Lipinski definition) is 7. The Balaban J connectivity index is 1.40. The van der Waals surface area contributed by atoms with Crippen molar-refractivity contribution in [2.75, 3.05) is 20.8 Å². The maximum atomic E-state index is 13.4. The normalized spacial score (nSPS) is 13.4. The first-order valence-corrected chi connectivity index (χ1v) is 21.4. The van der Waals surface area contributed by atoms with Crippen LogP contribution in [0.3, 0.4) is 0 Å². The summed E-state index contributed by atoms with van der Waals surface area (Å²) in [6.45, 7) is 15.9. The van der Waals surface area contributed by atoms with E-state index in [0.29, 0.717) is 39.1 Å². The number of ether oxygens (including phenoxy) is 5. The van der Waals surface area contributed by atoms with Crippen molar-refractivity contribution in [2.45, 2.75) is 89.4 Å². The molecule has 0 amide bonds. The SMILES string of the molecule is C=C[C@H](OCc1ccc(OC)cc1)[C@@H](CCO[Si](c1ccccc1)(c1ccccc1)C(C)(C)C)OC(=O)CCC/C=C\C[C@H](C=C)OCc1ccc(OC)cc1. The van der Waals surface area contributed by atoms with Crippen LogP contribution in [-0.2, 0) is 36.6 Å². The highest BCUT2D eigenvalue weighted by molar-refractivity contribution is 6.99. The van der Waals surface area contributed by atoms with Gasteiger partial charge in [-0.3, -0.25) is 4.79 Å². The van der Waals surface area contributed by atoms with Gasteiger partial charge in [0.2, 0.25) is 0 Å². The Morgan fingerprint density at radius 3 is 1.73 bits per heavy atom. The molecular formula is C48H60O7Si. The van der Waals surface area contributed by atoms with Crippen LogP contribution in [0.2, 0.25) is 5.04 Å². The predicted octanol–water partition coefficient (Wildman–Crippen LogP) is 9.54. The van der Waals surface area contributed by atoms with Crippen LogP contribution in [0.4, 0.5) is 0 Å². The number of methoxy groups -OCH3 is 2. The van der Waals surface area contributed by atoms with E-state index in [1.54, 1.807) is 20.3 Å². The molecule has 298 valence electrons. The first-order valence-electron chi connectivity index (χ1n) is 19.5. The molecule has 0 aliphatic heterocycles. The monoisotopic (exact) mass is 776 g/mol. The second-order valence-corrected chi connectivity index (χ2v) is 19.0. The van der Waals surface area contributed by atoms with Crippen molar-refractivity contribution < 1.29 is 32.9 Å². The number of rotatable bonds is 24. The fourth-order valence-electron chi connectivity index (χ4n) is 6.72. The van der Waals surface area contributed by atoms with Gasteiger partial charge in [0.05, 0.1) is 33.5 Å². The molecule has 0 saturated carbocycles. The van der Waals surface area contributed by atoms with Crippen molar-refractivity contribution in [3.63, 3.8) is 0 Å². The lowest BCUT2D eigenvalue weighted by atomic mass is 10.1. The van der Waals surface area contributed by atoms with E-state index in [9.17, 15) is 4.79 Å². The van der Waals surface area contributed by atoms with Crippen LogP contribution in [0.15, 0.2) is 147 Å². The Morgan fingerprint density at radius 1 is 0.714 bits per heavy atom. The van der Waals surface area contributed by atoms with Crippen molar-refractivity contribution in [3.8, 4) is 11.5 Å². The molecule has 0 unspecified atom stereocenters. The summed E-state index contributed by atoms with van der Waals surface area (Å²) in [6.07, 6.45) is 9.25. The third-order valence-corrected chi connectivity index (χ3v) is 14.8. The number of allylic oxidation sites excluding steroid dienone is 1. The van der Waals surface area contributed by atoms with Gasteiger partial charge in [0.15, 0.2) is 0 Å². The zero-order chi connectivity index (χ0) is 40.2. The van der Waals surface area contributed by atoms with Crippen LogP contribution in [0.25, 0.3) is 0 Å². The van der Waals surface area contributed by atoms with Crippen molar-refractivity contribution in [1.29, 1.82) is 0 Å². The Hall–Kier alpha value is -4.73. The highest BCUT2D eigenvalue weighted by Gasteiger charge is 2.50. The van der Waals surface area contributed by atoms with Crippen LogP contribution in [0, 0.1) is 0 Å². The molecule has 4 rings (SSSR count). The summed E-state index contributed by atoms with van der Waals surface area (Å²) in [7, 11) is 0.495. The van der Waals surface area contributed by atoms with Gasteiger partial charge in [0, 0.05) is 19.4 Å². The van der Waals surface area contributed by atoms with Gasteiger partial charge in [0.1, 0.15) is 23.7 Å². The van der Waals surface area contributed by atoms with Crippen molar-refractivity contribution in [1.82, 2.24) is 0 Å². The zero-order valence-corrected chi connectivity index (χ0v) is 34.9. The lowest BCUT2D eigenvalue weighted by molar-refractivity contribution is -0.157. The minimum atomic E-state index is -2.80. The van der Waals surface area contributed by atoms with Crippen LogP contribution >= 0.6 is 0 Å². The molecule has 0 spiro atoms. The quantitative estimate of drug-likeness (QED) is 0.0304. The van der Waals surface area contributed by atoms with Crippen LogP contribution in [0.1, 0.15) is 64.0 Å². The van der Waals surface area contributed by atoms with Gasteiger partial charge in [-0.1, -0.05) is 130 Å². The Labute approximate surface area is 336 Å². The molecule has 0 fully saturated rings. The highest BCUT2D eigenvalue weighted by Crippen LogP contribution is 2.37. The summed E-state index contributed by atoms with van der Waals surface area (Å²) in [5.74, 6) is 1.31. The third-order valence-electron chi connectivity index (χ3n) is 9.79. The molecule has 4 aromatic rings. The molecular weight excluding hydrogens is 717 g/mol. The first-order chi connectivity index (χ1) is 27.1. The van der Waals surface area contributed by atoms with Gasteiger partial charge < -0.3 is 28.1 Å². The smallest absolute Gasteiger partial charge is 0.306 e. The molecule has 0 bridgehead atoms. The van der Waals surface area contributed by atoms with E-state index < -0.39 is 20.5 Å². The largest absolute Gasteiger partial charge is 0.497 e. The van der Waals surface area contributed by atoms with Gasteiger partial charge in [-0.25, -0.2) is 0 Å². The van der Waals surface area contributed by atoms with E-state index in [1.807, 2.05) is 66.7 Å². The summed E-state index contributed by atoms with van der Waals surface area (Å²) in [5.41, 5.74) is 2.04. The van der Waals surface area contributed by atoms with Crippen LogP contribution in [-0.4, -0.2) is 53.4 Å². The fourth-order valence-corrected chi connectivity index (χ4v) is 11.3. The Kier molecular flexibility index (Phi) is 17.9. The van der Waals surface area contributed by atoms with Crippen LogP contribution in [0.5, 0.6) is 11.5 Å². The lowest BCUT2D eigenvalue weighted by Crippen LogP contribution is -2.66. The van der Waals surface area contributed by atoms with E-state index in [-0.39, 0.29) is 23.5 Å². The van der Waals surface area contributed by atoms with E-state index in [2.05, 4.69) is 94.6 Å². The number of benzene rings is 4. The summed E-state index contributed by atoms with van der Waals surface area (Å²) in [4.78, 5) is 13.4. The van der Waals surface area contributed by atoms with Crippen molar-refractivity contribution >= 4 is 24.7 Å². The summed E-state index contributed by atoms with van der Waals surface area (Å²) < 4.78 is 36.3. The van der Waals surface area contributed by atoms with Gasteiger partial charge in [-0.05, 0) is 70.1 Å². The van der Waals surface area contributed by atoms with Gasteiger partial charge in [-0.15, -0.1) is 13.2 Å². The minimum absolute atomic E-state index is 0.112. The Morgan fingerprint density at radius 2 is 1.25 bits per heavy atom. The summed E-state index contributed by atoms with van der Waals surface area (Å²) >= 11 is 0. The van der Waals surface area contributed by atoms with Crippen molar-refractivity contribution in [2.24, 2.45) is 0 Å². The molecule has 7 nitrogen and oxygen atoms in total. The molecule has 0 heterocycles. The maximum absolute atomic E-state index is 13.4. The number of unbranched alkanes of at least 4 members (excludes halogenated alkanes) is 1. The minimum Gasteiger partial charge on any atom is -0.497 e. The number of hydrogen-bond donors (Lipinski definition) is 0. The number of carbonyl (C=O) groups excluding carboxylic acids is 1. The lowest BCUT2D eigenvalue weighted by Gasteiger charge is -2.43. The zero-order valence-electron chi connectivity index (χ0n) is 33.9. The first kappa shape index (κ1) is 44.0. The number of carbonyl (C=O) groups is 1. The summed E-state index contributed by atoms with van der Waals surface area (Å²) in [6, 6.07) is 36.6. The Bertz CT molecular complexity index is 1730. The molecule has 0 saturated heterocycles. The second-order valence-electron chi connectivity index (χ2n) is 14.7. The van der Waals surface area contributed by atoms with E-state index in [1.165, 1.54) is 10.4 Å². The predicted molar refractivity (Wildman–Crippen MR) is 229 cm³/mol. The molecule has 8 heteroatoms. The average Bonchev–Trinajstić information content (AvgIpc) is 3.22. The van der Waals surface area contributed by atoms with Gasteiger partial charge in [0.25, 0.3) is 8.32 Å². The molecule has 3 atom stereocenters. The molecule has 56 heavy (non-hydrogen) atoms.